The molecule has 3 heteroatoms. The fourth-order valence-electron chi connectivity index (χ4n) is 4.10. The number of rotatable bonds is 15. The number of hydroxylamine groups is 2. The van der Waals surface area contributed by atoms with Crippen LogP contribution in [0.3, 0.4) is 0 Å². The third kappa shape index (κ3) is 7.68. The van der Waals surface area contributed by atoms with Gasteiger partial charge in [-0.2, -0.15) is 0 Å². The van der Waals surface area contributed by atoms with Crippen LogP contribution < -0.4 is 0 Å². The lowest BCUT2D eigenvalue weighted by Gasteiger charge is -2.47. The third-order valence-corrected chi connectivity index (χ3v) is 6.24. The molecule has 1 atom stereocenters. The van der Waals surface area contributed by atoms with E-state index < -0.39 is 11.2 Å². The van der Waals surface area contributed by atoms with Crippen LogP contribution in [0, 0.1) is 5.21 Å². The van der Waals surface area contributed by atoms with Gasteiger partial charge in [0, 0.05) is 11.3 Å². The Morgan fingerprint density at radius 1 is 0.731 bits per heavy atom. The highest BCUT2D eigenvalue weighted by Crippen LogP contribution is 2.37. The Balaban J connectivity index is 1.94. The van der Waals surface area contributed by atoms with Crippen molar-refractivity contribution in [3.8, 4) is 0 Å². The summed E-state index contributed by atoms with van der Waals surface area (Å²) < 4.78 is 0. The maximum Gasteiger partial charge on any atom is 0.0993 e. The Kier molecular flexibility index (Phi) is 11.0. The van der Waals surface area contributed by atoms with Gasteiger partial charge in [-0.1, -0.05) is 90.4 Å². The molecule has 1 aliphatic rings. The van der Waals surface area contributed by atoms with Gasteiger partial charge < -0.3 is 10.3 Å². The Morgan fingerprint density at radius 3 is 1.46 bits per heavy atom. The number of unbranched alkanes of at least 4 members (excludes halogenated alkanes) is 13. The van der Waals surface area contributed by atoms with Crippen molar-refractivity contribution in [2.45, 2.75) is 142 Å². The number of aliphatic imine (C=N–C) groups is 1. The van der Waals surface area contributed by atoms with Crippen LogP contribution in [-0.4, -0.2) is 22.0 Å². The minimum absolute atomic E-state index is 0.440. The van der Waals surface area contributed by atoms with Crippen LogP contribution >= 0.6 is 0 Å². The van der Waals surface area contributed by atoms with Gasteiger partial charge in [-0.3, -0.25) is 4.99 Å². The van der Waals surface area contributed by atoms with Crippen molar-refractivity contribution in [3.05, 3.63) is 5.21 Å². The van der Waals surface area contributed by atoms with E-state index in [2.05, 4.69) is 11.9 Å². The molecule has 0 amide bonds. The molecule has 26 heavy (non-hydrogen) atoms. The van der Waals surface area contributed by atoms with Crippen LogP contribution in [0.5, 0.6) is 0 Å². The van der Waals surface area contributed by atoms with Crippen molar-refractivity contribution in [3.63, 3.8) is 0 Å². The Morgan fingerprint density at radius 2 is 1.12 bits per heavy atom. The summed E-state index contributed by atoms with van der Waals surface area (Å²) in [6, 6.07) is 0. The lowest BCUT2D eigenvalue weighted by Crippen LogP contribution is -2.49. The van der Waals surface area contributed by atoms with Crippen molar-refractivity contribution in [2.75, 3.05) is 0 Å². The molecule has 1 unspecified atom stereocenters. The molecular weight excluding hydrogens is 320 g/mol. The Hall–Kier alpha value is -0.410. The zero-order valence-electron chi connectivity index (χ0n) is 18.4. The highest BCUT2D eigenvalue weighted by atomic mass is 16.5. The van der Waals surface area contributed by atoms with E-state index in [1.807, 2.05) is 27.7 Å². The molecular formula is C23H45N2O-. The summed E-state index contributed by atoms with van der Waals surface area (Å²) in [6.07, 6.45) is 20.0. The zero-order chi connectivity index (χ0) is 19.5. The molecule has 1 aliphatic heterocycles. The van der Waals surface area contributed by atoms with Crippen LogP contribution in [0.1, 0.15) is 131 Å². The molecule has 0 bridgehead atoms. The first kappa shape index (κ1) is 23.6. The average Bonchev–Trinajstić information content (AvgIpc) is 2.75. The van der Waals surface area contributed by atoms with Gasteiger partial charge in [0.15, 0.2) is 0 Å². The predicted molar refractivity (Wildman–Crippen MR) is 116 cm³/mol. The van der Waals surface area contributed by atoms with Crippen LogP contribution in [-0.2, 0) is 0 Å². The number of hydrogen-bond acceptors (Lipinski definition) is 3. The summed E-state index contributed by atoms with van der Waals surface area (Å²) in [4.78, 5) is 4.68. The first-order chi connectivity index (χ1) is 12.3. The van der Waals surface area contributed by atoms with Gasteiger partial charge in [-0.25, -0.2) is 0 Å². The fraction of sp³-hybridized carbons (Fsp3) is 0.957. The molecule has 0 aliphatic carbocycles. The first-order valence-corrected chi connectivity index (χ1v) is 11.4. The molecule has 3 nitrogen and oxygen atoms in total. The second-order valence-electron chi connectivity index (χ2n) is 9.11. The molecule has 154 valence electrons. The van der Waals surface area contributed by atoms with Gasteiger partial charge in [-0.05, 0) is 40.5 Å². The summed E-state index contributed by atoms with van der Waals surface area (Å²) in [7, 11) is 0. The van der Waals surface area contributed by atoms with Crippen molar-refractivity contribution < 1.29 is 0 Å². The monoisotopic (exact) mass is 365 g/mol. The molecule has 0 spiro atoms. The fourth-order valence-corrected chi connectivity index (χ4v) is 4.10. The summed E-state index contributed by atoms with van der Waals surface area (Å²) in [5.74, 6) is 0. The molecule has 0 fully saturated rings. The maximum atomic E-state index is 12.5. The molecule has 1 heterocycles. The van der Waals surface area contributed by atoms with E-state index in [1.54, 1.807) is 0 Å². The SMILES string of the molecule is CCCCCCCCCCCCCCCCC1(C)N=C(C)C(C)(C)N1[O-]. The topological polar surface area (TPSA) is 38.7 Å². The molecule has 1 rings (SSSR count). The van der Waals surface area contributed by atoms with Crippen molar-refractivity contribution in [2.24, 2.45) is 4.99 Å². The van der Waals surface area contributed by atoms with E-state index in [0.29, 0.717) is 0 Å². The van der Waals surface area contributed by atoms with Gasteiger partial charge in [0.2, 0.25) is 0 Å². The third-order valence-electron chi connectivity index (χ3n) is 6.24. The van der Waals surface area contributed by atoms with E-state index in [4.69, 9.17) is 0 Å². The normalized spacial score (nSPS) is 22.8. The molecule has 0 aromatic heterocycles. The standard InChI is InChI=1S/C23H45N2O/c1-6-7-8-9-10-11-12-13-14-15-16-17-18-19-20-23(5)24-21(2)22(3,4)25(23)26/h6-20H2,1-5H3/q-1. The number of nitrogens with zero attached hydrogens (tertiary/aromatic N) is 2. The van der Waals surface area contributed by atoms with Crippen LogP contribution in [0.2, 0.25) is 0 Å². The van der Waals surface area contributed by atoms with E-state index >= 15 is 0 Å². The van der Waals surface area contributed by atoms with Crippen molar-refractivity contribution in [1.82, 2.24) is 5.06 Å². The summed E-state index contributed by atoms with van der Waals surface area (Å²) >= 11 is 0. The Bertz CT molecular complexity index is 405. The maximum absolute atomic E-state index is 12.5. The predicted octanol–water partition coefficient (Wildman–Crippen LogP) is 7.63. The van der Waals surface area contributed by atoms with Gasteiger partial charge in [0.05, 0.1) is 5.66 Å². The zero-order valence-corrected chi connectivity index (χ0v) is 18.4. The first-order valence-electron chi connectivity index (χ1n) is 11.4. The van der Waals surface area contributed by atoms with E-state index in [1.165, 1.54) is 88.5 Å². The van der Waals surface area contributed by atoms with Crippen molar-refractivity contribution >= 4 is 5.71 Å². The Labute approximate surface area is 163 Å². The summed E-state index contributed by atoms with van der Waals surface area (Å²) in [5.41, 5.74) is -0.00416. The average molecular weight is 366 g/mol. The van der Waals surface area contributed by atoms with E-state index in [-0.39, 0.29) is 0 Å². The van der Waals surface area contributed by atoms with Gasteiger partial charge in [0.25, 0.3) is 0 Å². The molecule has 0 N–H and O–H groups in total. The highest BCUT2D eigenvalue weighted by Gasteiger charge is 2.41. The van der Waals surface area contributed by atoms with Gasteiger partial charge in [-0.15, -0.1) is 0 Å². The molecule has 0 aromatic carbocycles. The van der Waals surface area contributed by atoms with Crippen LogP contribution in [0.15, 0.2) is 4.99 Å². The second-order valence-corrected chi connectivity index (χ2v) is 9.11. The summed E-state index contributed by atoms with van der Waals surface area (Å²) in [6.45, 7) is 10.2. The van der Waals surface area contributed by atoms with Crippen LogP contribution in [0.4, 0.5) is 0 Å². The lowest BCUT2D eigenvalue weighted by atomic mass is 9.97. The van der Waals surface area contributed by atoms with Crippen LogP contribution in [0.25, 0.3) is 0 Å². The van der Waals surface area contributed by atoms with Gasteiger partial charge in [0.1, 0.15) is 0 Å². The number of hydrogen-bond donors (Lipinski definition) is 0. The largest absolute Gasteiger partial charge is 0.783 e. The minimum Gasteiger partial charge on any atom is -0.783 e. The second kappa shape index (κ2) is 12.1. The van der Waals surface area contributed by atoms with Crippen molar-refractivity contribution in [1.29, 1.82) is 0 Å². The summed E-state index contributed by atoms with van der Waals surface area (Å²) in [5, 5.41) is 13.7. The molecule has 0 aromatic rings. The molecule has 0 saturated heterocycles. The lowest BCUT2D eigenvalue weighted by molar-refractivity contribution is 0.120. The van der Waals surface area contributed by atoms with E-state index in [0.717, 1.165) is 18.6 Å². The minimum atomic E-state index is -0.537. The van der Waals surface area contributed by atoms with E-state index in [9.17, 15) is 5.21 Å². The highest BCUT2D eigenvalue weighted by molar-refractivity contribution is 5.92. The molecule has 0 radical (unpaired) electrons. The smallest absolute Gasteiger partial charge is 0.0993 e. The quantitative estimate of drug-likeness (QED) is 0.280. The molecule has 0 saturated carbocycles. The van der Waals surface area contributed by atoms with Gasteiger partial charge >= 0.3 is 0 Å².